The molecule has 0 spiro atoms. The maximum Gasteiger partial charge on any atom is 0.255 e. The van der Waals surface area contributed by atoms with E-state index in [4.69, 9.17) is 0 Å². The van der Waals surface area contributed by atoms with Crippen LogP contribution in [0.3, 0.4) is 0 Å². The van der Waals surface area contributed by atoms with Crippen molar-refractivity contribution in [2.45, 2.75) is 13.3 Å². The van der Waals surface area contributed by atoms with E-state index in [1.807, 2.05) is 36.4 Å². The second-order valence-corrected chi connectivity index (χ2v) is 6.89. The van der Waals surface area contributed by atoms with Crippen LogP contribution >= 0.6 is 0 Å². The van der Waals surface area contributed by atoms with E-state index >= 15 is 0 Å². The average molecular weight is 388 g/mol. The summed E-state index contributed by atoms with van der Waals surface area (Å²) in [5, 5.41) is 3.03. The number of hydrogen-bond donors (Lipinski definition) is 1. The molecular formula is C22H24N6O. The minimum atomic E-state index is -0.120. The summed E-state index contributed by atoms with van der Waals surface area (Å²) in [4.78, 5) is 30.2. The summed E-state index contributed by atoms with van der Waals surface area (Å²) in [5.74, 6) is 1.45. The SMILES string of the molecule is CCc1ccccc1NC(=O)c1ccnc(N2CCN(c3ncccn3)CC2)c1. The molecule has 7 nitrogen and oxygen atoms in total. The highest BCUT2D eigenvalue weighted by Crippen LogP contribution is 2.20. The Balaban J connectivity index is 1.43. The van der Waals surface area contributed by atoms with Gasteiger partial charge in [0.25, 0.3) is 5.91 Å². The highest BCUT2D eigenvalue weighted by molar-refractivity contribution is 6.05. The zero-order valence-electron chi connectivity index (χ0n) is 16.5. The van der Waals surface area contributed by atoms with Crippen molar-refractivity contribution in [3.05, 3.63) is 72.2 Å². The third-order valence-electron chi connectivity index (χ3n) is 5.09. The normalized spacial score (nSPS) is 14.0. The van der Waals surface area contributed by atoms with Crippen molar-refractivity contribution in [2.24, 2.45) is 0 Å². The molecule has 1 N–H and O–H groups in total. The standard InChI is InChI=1S/C22H24N6O/c1-2-17-6-3-4-7-19(17)26-21(29)18-8-11-23-20(16-18)27-12-14-28(15-13-27)22-24-9-5-10-25-22/h3-11,16H,2,12-15H2,1H3,(H,26,29). The predicted molar refractivity (Wildman–Crippen MR) is 114 cm³/mol. The largest absolute Gasteiger partial charge is 0.353 e. The van der Waals surface area contributed by atoms with Crippen LogP contribution in [0, 0.1) is 0 Å². The fourth-order valence-electron chi connectivity index (χ4n) is 3.47. The van der Waals surface area contributed by atoms with E-state index in [2.05, 4.69) is 37.0 Å². The zero-order valence-corrected chi connectivity index (χ0v) is 16.5. The van der Waals surface area contributed by atoms with E-state index in [0.717, 1.165) is 55.6 Å². The van der Waals surface area contributed by atoms with Gasteiger partial charge in [-0.25, -0.2) is 15.0 Å². The number of hydrogen-bond acceptors (Lipinski definition) is 6. The van der Waals surface area contributed by atoms with Gasteiger partial charge in [-0.1, -0.05) is 25.1 Å². The van der Waals surface area contributed by atoms with E-state index < -0.39 is 0 Å². The molecule has 0 unspecified atom stereocenters. The van der Waals surface area contributed by atoms with Crippen LogP contribution in [0.25, 0.3) is 0 Å². The van der Waals surface area contributed by atoms with Gasteiger partial charge >= 0.3 is 0 Å². The first-order valence-electron chi connectivity index (χ1n) is 9.87. The molecule has 0 atom stereocenters. The zero-order chi connectivity index (χ0) is 20.1. The molecule has 1 fully saturated rings. The summed E-state index contributed by atoms with van der Waals surface area (Å²) in [6.45, 7) is 5.30. The van der Waals surface area contributed by atoms with E-state index in [1.54, 1.807) is 24.7 Å². The van der Waals surface area contributed by atoms with E-state index in [-0.39, 0.29) is 5.91 Å². The molecule has 7 heteroatoms. The lowest BCUT2D eigenvalue weighted by Gasteiger charge is -2.35. The Morgan fingerprint density at radius 1 is 0.931 bits per heavy atom. The molecule has 1 amide bonds. The van der Waals surface area contributed by atoms with Gasteiger partial charge in [-0.2, -0.15) is 0 Å². The predicted octanol–water partition coefficient (Wildman–Crippen LogP) is 3.01. The minimum absolute atomic E-state index is 0.120. The Morgan fingerprint density at radius 2 is 1.66 bits per heavy atom. The average Bonchev–Trinajstić information content (AvgIpc) is 2.80. The number of carbonyl (C=O) groups is 1. The number of nitrogens with one attached hydrogen (secondary N) is 1. The summed E-state index contributed by atoms with van der Waals surface area (Å²) in [5.41, 5.74) is 2.58. The Morgan fingerprint density at radius 3 is 2.41 bits per heavy atom. The molecule has 148 valence electrons. The van der Waals surface area contributed by atoms with Gasteiger partial charge in [0.2, 0.25) is 5.95 Å². The Labute approximate surface area is 170 Å². The topological polar surface area (TPSA) is 74.2 Å². The molecule has 1 saturated heterocycles. The van der Waals surface area contributed by atoms with Crippen molar-refractivity contribution in [2.75, 3.05) is 41.3 Å². The van der Waals surface area contributed by atoms with Crippen LogP contribution in [0.15, 0.2) is 61.1 Å². The van der Waals surface area contributed by atoms with Crippen molar-refractivity contribution in [3.8, 4) is 0 Å². The van der Waals surface area contributed by atoms with Gasteiger partial charge in [0.1, 0.15) is 5.82 Å². The smallest absolute Gasteiger partial charge is 0.255 e. The Kier molecular flexibility index (Phi) is 5.65. The van der Waals surface area contributed by atoms with Crippen LogP contribution < -0.4 is 15.1 Å². The molecule has 4 rings (SSSR count). The Bertz CT molecular complexity index is 970. The first-order valence-corrected chi connectivity index (χ1v) is 9.87. The summed E-state index contributed by atoms with van der Waals surface area (Å²) < 4.78 is 0. The van der Waals surface area contributed by atoms with Gasteiger partial charge in [0.05, 0.1) is 0 Å². The number of rotatable bonds is 5. The number of nitrogens with zero attached hydrogens (tertiary/aromatic N) is 5. The summed E-state index contributed by atoms with van der Waals surface area (Å²) in [7, 11) is 0. The number of amides is 1. The number of carbonyl (C=O) groups excluding carboxylic acids is 1. The molecule has 3 aromatic rings. The number of anilines is 3. The van der Waals surface area contributed by atoms with Crippen molar-refractivity contribution in [1.82, 2.24) is 15.0 Å². The van der Waals surface area contributed by atoms with Crippen LogP contribution in [0.5, 0.6) is 0 Å². The molecule has 2 aromatic heterocycles. The third-order valence-corrected chi connectivity index (χ3v) is 5.09. The maximum absolute atomic E-state index is 12.8. The highest BCUT2D eigenvalue weighted by atomic mass is 16.1. The summed E-state index contributed by atoms with van der Waals surface area (Å²) in [6, 6.07) is 13.3. The van der Waals surface area contributed by atoms with Crippen LogP contribution in [0.2, 0.25) is 0 Å². The van der Waals surface area contributed by atoms with Gasteiger partial charge < -0.3 is 15.1 Å². The summed E-state index contributed by atoms with van der Waals surface area (Å²) in [6.07, 6.45) is 6.08. The van der Waals surface area contributed by atoms with Crippen molar-refractivity contribution in [3.63, 3.8) is 0 Å². The van der Waals surface area contributed by atoms with Crippen molar-refractivity contribution in [1.29, 1.82) is 0 Å². The number of aryl methyl sites for hydroxylation is 1. The molecule has 1 aliphatic heterocycles. The van der Waals surface area contributed by atoms with Gasteiger partial charge in [0, 0.05) is 56.0 Å². The second kappa shape index (κ2) is 8.68. The van der Waals surface area contributed by atoms with Crippen LogP contribution in [0.4, 0.5) is 17.5 Å². The number of para-hydroxylation sites is 1. The molecular weight excluding hydrogens is 364 g/mol. The third kappa shape index (κ3) is 4.34. The highest BCUT2D eigenvalue weighted by Gasteiger charge is 2.20. The number of piperazine rings is 1. The van der Waals surface area contributed by atoms with Gasteiger partial charge in [-0.05, 0) is 36.2 Å². The van der Waals surface area contributed by atoms with Gasteiger partial charge in [0.15, 0.2) is 0 Å². The first kappa shape index (κ1) is 18.9. The maximum atomic E-state index is 12.8. The molecule has 0 aliphatic carbocycles. The number of pyridine rings is 1. The second-order valence-electron chi connectivity index (χ2n) is 6.89. The lowest BCUT2D eigenvalue weighted by molar-refractivity contribution is 0.102. The molecule has 1 aliphatic rings. The lowest BCUT2D eigenvalue weighted by atomic mass is 10.1. The molecule has 3 heterocycles. The lowest BCUT2D eigenvalue weighted by Crippen LogP contribution is -2.47. The van der Waals surface area contributed by atoms with E-state index in [1.165, 1.54) is 0 Å². The Hall–Kier alpha value is -3.48. The molecule has 0 saturated carbocycles. The quantitative estimate of drug-likeness (QED) is 0.724. The van der Waals surface area contributed by atoms with Crippen molar-refractivity contribution < 1.29 is 4.79 Å². The first-order chi connectivity index (χ1) is 14.2. The van der Waals surface area contributed by atoms with E-state index in [9.17, 15) is 4.79 Å². The summed E-state index contributed by atoms with van der Waals surface area (Å²) >= 11 is 0. The monoisotopic (exact) mass is 388 g/mol. The molecule has 0 bridgehead atoms. The molecule has 0 radical (unpaired) electrons. The van der Waals surface area contributed by atoms with Gasteiger partial charge in [-0.15, -0.1) is 0 Å². The van der Waals surface area contributed by atoms with Crippen LogP contribution in [0.1, 0.15) is 22.8 Å². The number of benzene rings is 1. The van der Waals surface area contributed by atoms with E-state index in [0.29, 0.717) is 5.56 Å². The number of aromatic nitrogens is 3. The molecule has 29 heavy (non-hydrogen) atoms. The van der Waals surface area contributed by atoms with Crippen LogP contribution in [-0.2, 0) is 6.42 Å². The fourth-order valence-corrected chi connectivity index (χ4v) is 3.47. The van der Waals surface area contributed by atoms with Crippen molar-refractivity contribution >= 4 is 23.4 Å². The fraction of sp³-hybridized carbons (Fsp3) is 0.273. The minimum Gasteiger partial charge on any atom is -0.353 e. The molecule has 1 aromatic carbocycles. The van der Waals surface area contributed by atoms with Gasteiger partial charge in [-0.3, -0.25) is 4.79 Å². The van der Waals surface area contributed by atoms with Crippen LogP contribution in [-0.4, -0.2) is 47.0 Å².